The Bertz CT molecular complexity index is 979. The number of carbonyl (C=O) groups excluding carboxylic acids is 1. The van der Waals surface area contributed by atoms with Crippen molar-refractivity contribution in [2.24, 2.45) is 0 Å². The summed E-state index contributed by atoms with van der Waals surface area (Å²) in [4.78, 5) is 21.4. The molecule has 4 heteroatoms. The number of nitrogens with zero attached hydrogens (tertiary/aromatic N) is 2. The number of aromatic amines is 1. The summed E-state index contributed by atoms with van der Waals surface area (Å²) in [6, 6.07) is 17.7. The van der Waals surface area contributed by atoms with Gasteiger partial charge in [-0.05, 0) is 42.5 Å². The fraction of sp³-hybridized carbons (Fsp3) is 0. The average molecular weight is 311 g/mol. The lowest BCUT2D eigenvalue weighted by molar-refractivity contribution is -0.112. The molecule has 3 heterocycles. The molecule has 0 saturated carbocycles. The lowest BCUT2D eigenvalue weighted by Gasteiger charge is -2.08. The lowest BCUT2D eigenvalue weighted by atomic mass is 10.0. The molecule has 0 bridgehead atoms. The summed E-state index contributed by atoms with van der Waals surface area (Å²) in [7, 11) is 0. The molecule has 3 aromatic rings. The predicted octanol–water partition coefficient (Wildman–Crippen LogP) is 3.55. The number of hydrogen-bond donors (Lipinski definition) is 1. The molecule has 1 amide bonds. The Kier molecular flexibility index (Phi) is 3.25. The monoisotopic (exact) mass is 311 g/mol. The van der Waals surface area contributed by atoms with Crippen LogP contribution in [0.15, 0.2) is 60.9 Å². The highest BCUT2D eigenvalue weighted by Crippen LogP contribution is 2.39. The summed E-state index contributed by atoms with van der Waals surface area (Å²) in [5, 5.41) is 0. The second kappa shape index (κ2) is 5.56. The fourth-order valence-electron chi connectivity index (χ4n) is 2.84. The first kappa shape index (κ1) is 14.0. The summed E-state index contributed by atoms with van der Waals surface area (Å²) in [5.41, 5.74) is 4.76. The number of H-pyrrole nitrogens is 1. The Morgan fingerprint density at radius 3 is 2.79 bits per heavy atom. The van der Waals surface area contributed by atoms with Crippen LogP contribution in [-0.4, -0.2) is 15.9 Å². The molecule has 24 heavy (non-hydrogen) atoms. The van der Waals surface area contributed by atoms with Crippen LogP contribution in [0.5, 0.6) is 0 Å². The van der Waals surface area contributed by atoms with Crippen molar-refractivity contribution in [3.05, 3.63) is 72.2 Å². The average Bonchev–Trinajstić information content (AvgIpc) is 3.23. The van der Waals surface area contributed by atoms with E-state index in [0.717, 1.165) is 28.2 Å². The maximum Gasteiger partial charge on any atom is 0.270 e. The molecule has 4 nitrogen and oxygen atoms in total. The predicted molar refractivity (Wildman–Crippen MR) is 94.7 cm³/mol. The number of amides is 1. The Morgan fingerprint density at radius 2 is 2.08 bits per heavy atom. The summed E-state index contributed by atoms with van der Waals surface area (Å²) >= 11 is 0. The molecule has 0 atom stereocenters. The number of rotatable bonds is 2. The first-order chi connectivity index (χ1) is 11.8. The van der Waals surface area contributed by atoms with Crippen LogP contribution < -0.4 is 4.90 Å². The molecule has 0 unspecified atom stereocenters. The van der Waals surface area contributed by atoms with Crippen molar-refractivity contribution in [2.75, 3.05) is 4.90 Å². The van der Waals surface area contributed by atoms with Crippen molar-refractivity contribution in [2.45, 2.75) is 0 Å². The molecule has 0 spiro atoms. The van der Waals surface area contributed by atoms with Gasteiger partial charge in [-0.2, -0.15) is 0 Å². The number of fused-ring (bicyclic) bond motifs is 1. The van der Waals surface area contributed by atoms with Crippen LogP contribution in [-0.2, 0) is 4.79 Å². The summed E-state index contributed by atoms with van der Waals surface area (Å²) in [6.45, 7) is 0. The SMILES string of the molecule is C#CN1C(=O)/C(=C\c2ccc[nH]2)c2cc(-c3ccccn3)ccc21. The summed E-state index contributed by atoms with van der Waals surface area (Å²) in [6.07, 6.45) is 10.9. The Morgan fingerprint density at radius 1 is 1.17 bits per heavy atom. The number of nitrogens with one attached hydrogen (secondary N) is 1. The maximum atomic E-state index is 12.7. The van der Waals surface area contributed by atoms with Gasteiger partial charge in [-0.15, -0.1) is 0 Å². The van der Waals surface area contributed by atoms with Gasteiger partial charge in [0.1, 0.15) is 0 Å². The topological polar surface area (TPSA) is 49.0 Å². The first-order valence-corrected chi connectivity index (χ1v) is 7.49. The van der Waals surface area contributed by atoms with Gasteiger partial charge in [-0.3, -0.25) is 9.78 Å². The molecule has 1 aliphatic rings. The molecule has 1 aromatic carbocycles. The van der Waals surface area contributed by atoms with Gasteiger partial charge in [0.2, 0.25) is 0 Å². The Hall–Kier alpha value is -3.58. The van der Waals surface area contributed by atoms with E-state index in [1.165, 1.54) is 4.90 Å². The highest BCUT2D eigenvalue weighted by atomic mass is 16.2. The van der Waals surface area contributed by atoms with Crippen LogP contribution >= 0.6 is 0 Å². The third-order valence-corrected chi connectivity index (χ3v) is 3.97. The van der Waals surface area contributed by atoms with E-state index in [4.69, 9.17) is 6.42 Å². The van der Waals surface area contributed by atoms with E-state index in [1.54, 1.807) is 6.20 Å². The van der Waals surface area contributed by atoms with Crippen molar-refractivity contribution >= 4 is 23.2 Å². The first-order valence-electron chi connectivity index (χ1n) is 7.49. The number of anilines is 1. The maximum absolute atomic E-state index is 12.7. The highest BCUT2D eigenvalue weighted by Gasteiger charge is 2.32. The van der Waals surface area contributed by atoms with Crippen LogP contribution in [0.1, 0.15) is 11.3 Å². The molecule has 0 radical (unpaired) electrons. The van der Waals surface area contributed by atoms with Crippen molar-refractivity contribution < 1.29 is 4.79 Å². The van der Waals surface area contributed by atoms with E-state index >= 15 is 0 Å². The van der Waals surface area contributed by atoms with Gasteiger partial charge in [-0.25, -0.2) is 4.90 Å². The highest BCUT2D eigenvalue weighted by molar-refractivity contribution is 6.36. The molecule has 0 aliphatic carbocycles. The second-order valence-corrected chi connectivity index (χ2v) is 5.40. The van der Waals surface area contributed by atoms with E-state index in [-0.39, 0.29) is 5.91 Å². The van der Waals surface area contributed by atoms with Gasteiger partial charge in [0.15, 0.2) is 0 Å². The largest absolute Gasteiger partial charge is 0.362 e. The second-order valence-electron chi connectivity index (χ2n) is 5.40. The normalized spacial score (nSPS) is 14.7. The molecule has 4 rings (SSSR count). The van der Waals surface area contributed by atoms with Crippen LogP contribution in [0.3, 0.4) is 0 Å². The van der Waals surface area contributed by atoms with Gasteiger partial charge < -0.3 is 4.98 Å². The molecule has 0 fully saturated rings. The third kappa shape index (κ3) is 2.20. The minimum Gasteiger partial charge on any atom is -0.362 e. The summed E-state index contributed by atoms with van der Waals surface area (Å²) in [5.74, 6) is -0.194. The molecule has 2 aromatic heterocycles. The molecular formula is C20H13N3O. The lowest BCUT2D eigenvalue weighted by Crippen LogP contribution is -2.19. The number of carbonyl (C=O) groups is 1. The summed E-state index contributed by atoms with van der Waals surface area (Å²) < 4.78 is 0. The Balaban J connectivity index is 1.89. The van der Waals surface area contributed by atoms with E-state index in [1.807, 2.05) is 60.8 Å². The van der Waals surface area contributed by atoms with Crippen molar-refractivity contribution in [1.82, 2.24) is 9.97 Å². The van der Waals surface area contributed by atoms with Crippen molar-refractivity contribution in [3.8, 4) is 23.7 Å². The number of pyridine rings is 1. The minimum atomic E-state index is -0.194. The van der Waals surface area contributed by atoms with Gasteiger partial charge in [0, 0.05) is 35.3 Å². The van der Waals surface area contributed by atoms with Crippen LogP contribution in [0, 0.1) is 12.5 Å². The van der Waals surface area contributed by atoms with Gasteiger partial charge in [0.25, 0.3) is 5.91 Å². The van der Waals surface area contributed by atoms with Gasteiger partial charge >= 0.3 is 0 Å². The van der Waals surface area contributed by atoms with E-state index in [0.29, 0.717) is 5.57 Å². The van der Waals surface area contributed by atoms with Gasteiger partial charge in [0.05, 0.1) is 17.0 Å². The van der Waals surface area contributed by atoms with Crippen molar-refractivity contribution in [1.29, 1.82) is 0 Å². The zero-order valence-electron chi connectivity index (χ0n) is 12.7. The van der Waals surface area contributed by atoms with Crippen LogP contribution in [0.25, 0.3) is 22.9 Å². The molecule has 1 aliphatic heterocycles. The van der Waals surface area contributed by atoms with E-state index in [9.17, 15) is 4.79 Å². The molecule has 114 valence electrons. The molecule has 1 N–H and O–H groups in total. The number of terminal acetylenes is 1. The van der Waals surface area contributed by atoms with E-state index in [2.05, 4.69) is 16.0 Å². The standard InChI is InChI=1S/C20H13N3O/c1-2-23-19-9-8-14(18-7-3-4-10-22-18)12-16(19)17(20(23)24)13-15-6-5-11-21-15/h1,3-13,21H/b17-13-. The smallest absolute Gasteiger partial charge is 0.270 e. The minimum absolute atomic E-state index is 0.194. The Labute approximate surface area is 139 Å². The zero-order valence-corrected chi connectivity index (χ0v) is 12.7. The quantitative estimate of drug-likeness (QED) is 0.581. The third-order valence-electron chi connectivity index (χ3n) is 3.97. The zero-order chi connectivity index (χ0) is 16.5. The number of aromatic nitrogens is 2. The number of benzene rings is 1. The number of hydrogen-bond acceptors (Lipinski definition) is 2. The van der Waals surface area contributed by atoms with Crippen LogP contribution in [0.2, 0.25) is 0 Å². The fourth-order valence-corrected chi connectivity index (χ4v) is 2.84. The van der Waals surface area contributed by atoms with E-state index < -0.39 is 0 Å². The van der Waals surface area contributed by atoms with Crippen molar-refractivity contribution in [3.63, 3.8) is 0 Å². The molecular weight excluding hydrogens is 298 g/mol. The molecule has 0 saturated heterocycles. The van der Waals surface area contributed by atoms with Gasteiger partial charge in [-0.1, -0.05) is 18.6 Å². The van der Waals surface area contributed by atoms with Crippen LogP contribution in [0.4, 0.5) is 5.69 Å².